The van der Waals surface area contributed by atoms with E-state index in [1.54, 1.807) is 28.0 Å². The van der Waals surface area contributed by atoms with Gasteiger partial charge in [0, 0.05) is 70.7 Å². The maximum Gasteiger partial charge on any atom is 0.272 e. The molecule has 10 nitrogen and oxygen atoms in total. The predicted octanol–water partition coefficient (Wildman–Crippen LogP) is 2.19. The van der Waals surface area contributed by atoms with E-state index < -0.39 is 11.7 Å². The molecule has 3 fully saturated rings. The lowest BCUT2D eigenvalue weighted by atomic mass is 9.97. The molecule has 6 rings (SSSR count). The summed E-state index contributed by atoms with van der Waals surface area (Å²) in [7, 11) is 0. The normalized spacial score (nSPS) is 18.6. The summed E-state index contributed by atoms with van der Waals surface area (Å²) in [5.41, 5.74) is 1.08. The van der Waals surface area contributed by atoms with Crippen LogP contribution in [0.25, 0.3) is 10.8 Å². The summed E-state index contributed by atoms with van der Waals surface area (Å²) >= 11 is 0. The SMILES string of the molecule is CCN1CCN(CC2CCNCC2)CC1.O=CN1CCN(C(=O)c2cc(Cc3n[nH]c(=O)c4ccccc34)ccc2F)CC1. The Bertz CT molecular complexity index is 1460. The zero-order valence-electron chi connectivity index (χ0n) is 25.6. The molecule has 3 aliphatic rings. The van der Waals surface area contributed by atoms with Crippen LogP contribution in [-0.2, 0) is 11.2 Å². The van der Waals surface area contributed by atoms with Gasteiger partial charge in [-0.25, -0.2) is 9.49 Å². The minimum Gasteiger partial charge on any atom is -0.342 e. The van der Waals surface area contributed by atoms with E-state index in [1.807, 2.05) is 12.1 Å². The Balaban J connectivity index is 0.000000215. The lowest BCUT2D eigenvalue weighted by Crippen LogP contribution is -2.48. The van der Waals surface area contributed by atoms with Gasteiger partial charge in [0.25, 0.3) is 11.5 Å². The van der Waals surface area contributed by atoms with Gasteiger partial charge in [0.1, 0.15) is 5.82 Å². The Morgan fingerprint density at radius 3 is 2.32 bits per heavy atom. The minimum atomic E-state index is -0.587. The van der Waals surface area contributed by atoms with Gasteiger partial charge in [0.15, 0.2) is 0 Å². The maximum absolute atomic E-state index is 14.4. The monoisotopic (exact) mass is 605 g/mol. The summed E-state index contributed by atoms with van der Waals surface area (Å²) in [4.78, 5) is 43.9. The molecule has 1 aromatic heterocycles. The molecule has 11 heteroatoms. The number of piperidine rings is 1. The van der Waals surface area contributed by atoms with E-state index in [2.05, 4.69) is 32.2 Å². The number of amides is 2. The van der Waals surface area contributed by atoms with Gasteiger partial charge in [-0.1, -0.05) is 31.2 Å². The second-order valence-electron chi connectivity index (χ2n) is 11.9. The van der Waals surface area contributed by atoms with E-state index in [1.165, 1.54) is 77.3 Å². The fraction of sp³-hybridized carbons (Fsp3) is 0.515. The van der Waals surface area contributed by atoms with Crippen LogP contribution >= 0.6 is 0 Å². The standard InChI is InChI=1S/C21H19FN4O3.C12H25N3/c22-18-6-5-14(11-17(18)21(29)26-9-7-25(13-27)8-10-26)12-19-15-3-1-2-4-16(15)20(28)24-23-19;1-2-14-7-9-15(10-8-14)11-12-3-5-13-6-4-12/h1-6,11,13H,7-10,12H2,(H,24,28);12-13H,2-11H2,1H3. The molecule has 236 valence electrons. The predicted molar refractivity (Wildman–Crippen MR) is 169 cm³/mol. The maximum atomic E-state index is 14.4. The van der Waals surface area contributed by atoms with Crippen LogP contribution in [0.2, 0.25) is 0 Å². The Hall–Kier alpha value is -3.67. The molecular formula is C33H44FN7O3. The van der Waals surface area contributed by atoms with Crippen LogP contribution in [0.4, 0.5) is 4.39 Å². The van der Waals surface area contributed by atoms with Gasteiger partial charge in [0.2, 0.25) is 6.41 Å². The number of halogens is 1. The van der Waals surface area contributed by atoms with Gasteiger partial charge in [-0.15, -0.1) is 0 Å². The zero-order chi connectivity index (χ0) is 30.9. The van der Waals surface area contributed by atoms with Crippen LogP contribution in [-0.4, -0.2) is 121 Å². The molecule has 2 N–H and O–H groups in total. The lowest BCUT2D eigenvalue weighted by molar-refractivity contribution is -0.119. The highest BCUT2D eigenvalue weighted by Crippen LogP contribution is 2.20. The first kappa shape index (κ1) is 31.7. The number of H-pyrrole nitrogens is 1. The highest BCUT2D eigenvalue weighted by molar-refractivity contribution is 5.95. The van der Waals surface area contributed by atoms with Crippen molar-refractivity contribution in [2.75, 3.05) is 78.5 Å². The van der Waals surface area contributed by atoms with Crippen LogP contribution in [0.3, 0.4) is 0 Å². The minimum absolute atomic E-state index is 0.00390. The lowest BCUT2D eigenvalue weighted by Gasteiger charge is -2.36. The molecule has 0 aliphatic carbocycles. The van der Waals surface area contributed by atoms with Crippen LogP contribution in [0.5, 0.6) is 0 Å². The fourth-order valence-corrected chi connectivity index (χ4v) is 6.26. The van der Waals surface area contributed by atoms with E-state index in [4.69, 9.17) is 0 Å². The number of rotatable bonds is 7. The number of aromatic amines is 1. The van der Waals surface area contributed by atoms with E-state index in [0.29, 0.717) is 49.2 Å². The molecule has 3 aromatic rings. The number of piperazine rings is 2. The molecule has 4 heterocycles. The van der Waals surface area contributed by atoms with Crippen LogP contribution in [0.15, 0.2) is 47.3 Å². The largest absolute Gasteiger partial charge is 0.342 e. The van der Waals surface area contributed by atoms with E-state index in [0.717, 1.165) is 17.7 Å². The molecule has 2 amide bonds. The van der Waals surface area contributed by atoms with E-state index in [-0.39, 0.29) is 11.1 Å². The van der Waals surface area contributed by atoms with Crippen molar-refractivity contribution in [3.05, 3.63) is 75.5 Å². The zero-order valence-corrected chi connectivity index (χ0v) is 25.6. The average Bonchev–Trinajstić information content (AvgIpc) is 3.08. The van der Waals surface area contributed by atoms with Crippen molar-refractivity contribution in [1.82, 2.24) is 35.1 Å². The number of hydrogen-bond acceptors (Lipinski definition) is 7. The van der Waals surface area contributed by atoms with E-state index in [9.17, 15) is 18.8 Å². The number of fused-ring (bicyclic) bond motifs is 1. The number of nitrogens with one attached hydrogen (secondary N) is 2. The second-order valence-corrected chi connectivity index (χ2v) is 11.9. The average molecular weight is 606 g/mol. The summed E-state index contributed by atoms with van der Waals surface area (Å²) < 4.78 is 14.4. The Labute approximate surface area is 258 Å². The number of benzene rings is 2. The highest BCUT2D eigenvalue weighted by Gasteiger charge is 2.24. The van der Waals surface area contributed by atoms with Crippen molar-refractivity contribution >= 4 is 23.1 Å². The Morgan fingerprint density at radius 1 is 0.955 bits per heavy atom. The molecular weight excluding hydrogens is 561 g/mol. The Morgan fingerprint density at radius 2 is 1.64 bits per heavy atom. The molecule has 0 bridgehead atoms. The molecule has 0 spiro atoms. The van der Waals surface area contributed by atoms with Gasteiger partial charge >= 0.3 is 0 Å². The summed E-state index contributed by atoms with van der Waals surface area (Å²) in [5, 5.41) is 11.3. The quantitative estimate of drug-likeness (QED) is 0.398. The number of nitrogens with zero attached hydrogens (tertiary/aromatic N) is 5. The summed E-state index contributed by atoms with van der Waals surface area (Å²) in [6, 6.07) is 11.6. The van der Waals surface area contributed by atoms with Gasteiger partial charge in [-0.05, 0) is 62.2 Å². The van der Waals surface area contributed by atoms with Crippen LogP contribution in [0, 0.1) is 11.7 Å². The van der Waals surface area contributed by atoms with Crippen molar-refractivity contribution in [3.8, 4) is 0 Å². The summed E-state index contributed by atoms with van der Waals surface area (Å²) in [5.74, 6) is -0.0236. The van der Waals surface area contributed by atoms with Crippen LogP contribution < -0.4 is 10.9 Å². The van der Waals surface area contributed by atoms with Crippen molar-refractivity contribution in [1.29, 1.82) is 0 Å². The van der Waals surface area contributed by atoms with Crippen molar-refractivity contribution in [3.63, 3.8) is 0 Å². The van der Waals surface area contributed by atoms with Gasteiger partial charge in [0.05, 0.1) is 16.6 Å². The number of carbonyl (C=O) groups excluding carboxylic acids is 2. The Kier molecular flexibility index (Phi) is 11.1. The molecule has 0 radical (unpaired) electrons. The molecule has 3 saturated heterocycles. The van der Waals surface area contributed by atoms with Gasteiger partial charge in [-0.3, -0.25) is 14.4 Å². The molecule has 0 unspecified atom stereocenters. The molecule has 0 atom stereocenters. The third kappa shape index (κ3) is 8.08. The second kappa shape index (κ2) is 15.4. The summed E-state index contributed by atoms with van der Waals surface area (Å²) in [6.45, 7) is 14.1. The van der Waals surface area contributed by atoms with Crippen molar-refractivity contribution in [2.45, 2.75) is 26.2 Å². The van der Waals surface area contributed by atoms with Gasteiger partial charge < -0.3 is 24.9 Å². The topological polar surface area (TPSA) is 105 Å². The summed E-state index contributed by atoms with van der Waals surface area (Å²) in [6.07, 6.45) is 3.86. The highest BCUT2D eigenvalue weighted by atomic mass is 19.1. The number of aromatic nitrogens is 2. The first-order valence-corrected chi connectivity index (χ1v) is 15.8. The number of likely N-dealkylation sites (N-methyl/N-ethyl adjacent to an activating group) is 1. The van der Waals surface area contributed by atoms with Crippen molar-refractivity contribution < 1.29 is 14.0 Å². The smallest absolute Gasteiger partial charge is 0.272 e. The molecule has 0 saturated carbocycles. The molecule has 2 aromatic carbocycles. The van der Waals surface area contributed by atoms with E-state index >= 15 is 0 Å². The van der Waals surface area contributed by atoms with Gasteiger partial charge in [-0.2, -0.15) is 5.10 Å². The third-order valence-electron chi connectivity index (χ3n) is 9.05. The molecule has 44 heavy (non-hydrogen) atoms. The van der Waals surface area contributed by atoms with Crippen molar-refractivity contribution in [2.24, 2.45) is 5.92 Å². The van der Waals surface area contributed by atoms with Crippen LogP contribution in [0.1, 0.15) is 41.4 Å². The number of hydrogen-bond donors (Lipinski definition) is 2. The fourth-order valence-electron chi connectivity index (χ4n) is 6.26. The first-order chi connectivity index (χ1) is 21.4. The number of carbonyl (C=O) groups is 2. The molecule has 3 aliphatic heterocycles. The third-order valence-corrected chi connectivity index (χ3v) is 9.05. The first-order valence-electron chi connectivity index (χ1n) is 15.8.